The van der Waals surface area contributed by atoms with E-state index in [0.717, 1.165) is 5.56 Å². The van der Waals surface area contributed by atoms with Gasteiger partial charge in [0.2, 0.25) is 0 Å². The van der Waals surface area contributed by atoms with Crippen molar-refractivity contribution in [1.82, 2.24) is 0 Å². The second-order valence-electron chi connectivity index (χ2n) is 2.89. The summed E-state index contributed by atoms with van der Waals surface area (Å²) in [4.78, 5) is 10.3. The van der Waals surface area contributed by atoms with Gasteiger partial charge in [0.1, 0.15) is 11.9 Å². The van der Waals surface area contributed by atoms with Gasteiger partial charge in [-0.05, 0) is 26.0 Å². The predicted molar refractivity (Wildman–Crippen MR) is 46.3 cm³/mol. The van der Waals surface area contributed by atoms with Crippen LogP contribution in [0.1, 0.15) is 12.5 Å². The van der Waals surface area contributed by atoms with E-state index in [0.29, 0.717) is 5.75 Å². The molecule has 0 spiro atoms. The van der Waals surface area contributed by atoms with E-state index in [1.165, 1.54) is 6.92 Å². The normalized spacial score (nSPS) is 11.3. The molecule has 0 aliphatic rings. The van der Waals surface area contributed by atoms with Crippen LogP contribution >= 0.6 is 0 Å². The van der Waals surface area contributed by atoms with Crippen LogP contribution in [0.15, 0.2) is 24.3 Å². The molecule has 4 heteroatoms. The zero-order chi connectivity index (χ0) is 9.84. The molecule has 0 aromatic heterocycles. The van der Waals surface area contributed by atoms with Crippen LogP contribution in [0, 0.1) is 6.92 Å². The van der Waals surface area contributed by atoms with E-state index < -0.39 is 12.1 Å². The van der Waals surface area contributed by atoms with Gasteiger partial charge in [-0.1, -0.05) is 17.7 Å². The first kappa shape index (κ1) is 13.5. The van der Waals surface area contributed by atoms with Crippen LogP contribution in [-0.2, 0) is 4.79 Å². The maximum atomic E-state index is 10.3. The molecule has 0 saturated carbocycles. The molecule has 1 unspecified atom stereocenters. The van der Waals surface area contributed by atoms with E-state index in [-0.39, 0.29) is 29.6 Å². The first-order valence-electron chi connectivity index (χ1n) is 4.04. The number of carboxylic acids is 1. The van der Waals surface area contributed by atoms with E-state index in [1.807, 2.05) is 19.1 Å². The number of hydrogen-bond acceptors (Lipinski definition) is 3. The van der Waals surface area contributed by atoms with Crippen molar-refractivity contribution in [2.24, 2.45) is 0 Å². The fraction of sp³-hybridized carbons (Fsp3) is 0.300. The van der Waals surface area contributed by atoms with Gasteiger partial charge >= 0.3 is 29.6 Å². The van der Waals surface area contributed by atoms with E-state index >= 15 is 0 Å². The average molecular weight is 202 g/mol. The van der Waals surface area contributed by atoms with Crippen molar-refractivity contribution in [1.29, 1.82) is 0 Å². The molecule has 0 fully saturated rings. The summed E-state index contributed by atoms with van der Waals surface area (Å²) < 4.78 is 5.07. The predicted octanol–water partition coefficient (Wildman–Crippen LogP) is -2.48. The number of ether oxygens (including phenoxy) is 1. The summed E-state index contributed by atoms with van der Waals surface area (Å²) in [5.41, 5.74) is 1.11. The third kappa shape index (κ3) is 4.13. The fourth-order valence-electron chi connectivity index (χ4n) is 0.869. The SMILES string of the molecule is Cc1ccc(OC(C)C(=O)[O-])cc1.[Na+]. The van der Waals surface area contributed by atoms with Crippen molar-refractivity contribution in [2.45, 2.75) is 20.0 Å². The van der Waals surface area contributed by atoms with Gasteiger partial charge in [0.05, 0.1) is 5.97 Å². The van der Waals surface area contributed by atoms with Crippen molar-refractivity contribution in [3.63, 3.8) is 0 Å². The quantitative estimate of drug-likeness (QED) is 0.510. The van der Waals surface area contributed by atoms with E-state index in [9.17, 15) is 9.90 Å². The van der Waals surface area contributed by atoms with Gasteiger partial charge in [-0.15, -0.1) is 0 Å². The van der Waals surface area contributed by atoms with Crippen LogP contribution in [0.2, 0.25) is 0 Å². The van der Waals surface area contributed by atoms with E-state index in [4.69, 9.17) is 4.74 Å². The number of hydrogen-bond donors (Lipinski definition) is 0. The topological polar surface area (TPSA) is 49.4 Å². The van der Waals surface area contributed by atoms with Gasteiger partial charge in [-0.2, -0.15) is 0 Å². The summed E-state index contributed by atoms with van der Waals surface area (Å²) in [5, 5.41) is 10.3. The Labute approximate surface area is 105 Å². The van der Waals surface area contributed by atoms with Gasteiger partial charge in [0.15, 0.2) is 0 Å². The maximum absolute atomic E-state index is 10.3. The molecule has 1 aromatic carbocycles. The molecule has 0 heterocycles. The molecule has 0 aliphatic carbocycles. The molecule has 3 nitrogen and oxygen atoms in total. The Morgan fingerprint density at radius 2 is 1.86 bits per heavy atom. The van der Waals surface area contributed by atoms with Crippen LogP contribution in [0.25, 0.3) is 0 Å². The minimum Gasteiger partial charge on any atom is -0.546 e. The van der Waals surface area contributed by atoms with Gasteiger partial charge < -0.3 is 14.6 Å². The summed E-state index contributed by atoms with van der Waals surface area (Å²) in [7, 11) is 0. The summed E-state index contributed by atoms with van der Waals surface area (Å²) in [6.07, 6.45) is -0.914. The standard InChI is InChI=1S/C10H12O3.Na/c1-7-3-5-9(6-4-7)13-8(2)10(11)12;/h3-6,8H,1-2H3,(H,11,12);/q;+1/p-1. The molecule has 70 valence electrons. The smallest absolute Gasteiger partial charge is 0.546 e. The summed E-state index contributed by atoms with van der Waals surface area (Å²) in [6, 6.07) is 7.18. The Balaban J connectivity index is 0.00000169. The molecule has 1 atom stereocenters. The first-order chi connectivity index (χ1) is 6.09. The molecule has 0 N–H and O–H groups in total. The van der Waals surface area contributed by atoms with Crippen LogP contribution in [0.4, 0.5) is 0 Å². The second-order valence-corrected chi connectivity index (χ2v) is 2.89. The zero-order valence-electron chi connectivity index (χ0n) is 8.61. The number of aryl methyl sites for hydroxylation is 1. The zero-order valence-corrected chi connectivity index (χ0v) is 10.6. The maximum Gasteiger partial charge on any atom is 1.00 e. The monoisotopic (exact) mass is 202 g/mol. The van der Waals surface area contributed by atoms with Gasteiger partial charge in [0.25, 0.3) is 0 Å². The molecule has 0 radical (unpaired) electrons. The van der Waals surface area contributed by atoms with E-state index in [1.54, 1.807) is 12.1 Å². The third-order valence-corrected chi connectivity index (χ3v) is 1.67. The number of rotatable bonds is 3. The summed E-state index contributed by atoms with van der Waals surface area (Å²) >= 11 is 0. The summed E-state index contributed by atoms with van der Waals surface area (Å²) in [6.45, 7) is 3.39. The van der Waals surface area contributed by atoms with Crippen molar-refractivity contribution in [3.05, 3.63) is 29.8 Å². The molecule has 0 amide bonds. The molecular formula is C10H11NaO3. The van der Waals surface area contributed by atoms with Gasteiger partial charge in [-0.25, -0.2) is 0 Å². The number of carboxylic acid groups (broad SMARTS) is 1. The van der Waals surface area contributed by atoms with Crippen molar-refractivity contribution in [3.8, 4) is 5.75 Å². The van der Waals surface area contributed by atoms with E-state index in [2.05, 4.69) is 0 Å². The molecule has 0 aliphatic heterocycles. The van der Waals surface area contributed by atoms with Crippen LogP contribution in [0.5, 0.6) is 5.75 Å². The number of aliphatic carboxylic acids is 1. The average Bonchev–Trinajstić information content (AvgIpc) is 2.08. The Kier molecular flexibility index (Phi) is 5.84. The number of carbonyl (C=O) groups excluding carboxylic acids is 1. The largest absolute Gasteiger partial charge is 1.00 e. The Morgan fingerprint density at radius 1 is 1.36 bits per heavy atom. The van der Waals surface area contributed by atoms with Crippen LogP contribution < -0.4 is 39.4 Å². The molecule has 14 heavy (non-hydrogen) atoms. The Hall–Kier alpha value is -0.510. The van der Waals surface area contributed by atoms with Crippen molar-refractivity contribution in [2.75, 3.05) is 0 Å². The molecule has 0 saturated heterocycles. The molecule has 1 aromatic rings. The Morgan fingerprint density at radius 3 is 2.29 bits per heavy atom. The number of carbonyl (C=O) groups is 1. The van der Waals surface area contributed by atoms with Gasteiger partial charge in [0, 0.05) is 0 Å². The Bertz CT molecular complexity index is 295. The molecular weight excluding hydrogens is 191 g/mol. The van der Waals surface area contributed by atoms with Crippen LogP contribution in [0.3, 0.4) is 0 Å². The second kappa shape index (κ2) is 6.06. The summed E-state index contributed by atoms with van der Waals surface area (Å²) in [5.74, 6) is -0.664. The number of benzene rings is 1. The van der Waals surface area contributed by atoms with Crippen LogP contribution in [-0.4, -0.2) is 12.1 Å². The first-order valence-corrected chi connectivity index (χ1v) is 4.04. The van der Waals surface area contributed by atoms with Crippen molar-refractivity contribution >= 4 is 5.97 Å². The minimum atomic E-state index is -1.21. The molecule has 0 bridgehead atoms. The fourth-order valence-corrected chi connectivity index (χ4v) is 0.869. The minimum absolute atomic E-state index is 0. The van der Waals surface area contributed by atoms with Crippen molar-refractivity contribution < 1.29 is 44.2 Å². The third-order valence-electron chi connectivity index (χ3n) is 1.67. The molecule has 1 rings (SSSR count). The van der Waals surface area contributed by atoms with Gasteiger partial charge in [-0.3, -0.25) is 0 Å².